The molecule has 0 aromatic heterocycles. The van der Waals surface area contributed by atoms with Gasteiger partial charge in [0.25, 0.3) is 0 Å². The molecule has 4 N–H and O–H groups in total. The van der Waals surface area contributed by atoms with Crippen molar-refractivity contribution < 1.29 is 9.47 Å². The van der Waals surface area contributed by atoms with Crippen LogP contribution in [0.15, 0.2) is 109 Å². The summed E-state index contributed by atoms with van der Waals surface area (Å²) < 4.78 is 11.9. The van der Waals surface area contributed by atoms with Gasteiger partial charge in [0, 0.05) is 22.2 Å². The standard InChI is InChI=1S/C38H34N4O2/c1-37(2,29-9-15-33(16-10-29)43-35-19-13-31(41)21-25(35)23-39)27-5-7-28(8-6-27)38(3,4)30-11-17-34(18-12-30)44-36-20-14-32(42)22-26(36)24-40/h5-22H,41-42H2,1-4H3. The van der Waals surface area contributed by atoms with E-state index in [4.69, 9.17) is 20.9 Å². The van der Waals surface area contributed by atoms with Gasteiger partial charge in [-0.15, -0.1) is 0 Å². The number of benzene rings is 5. The Morgan fingerprint density at radius 3 is 1.07 bits per heavy atom. The van der Waals surface area contributed by atoms with E-state index in [1.54, 1.807) is 36.4 Å². The highest BCUT2D eigenvalue weighted by molar-refractivity contribution is 5.56. The van der Waals surface area contributed by atoms with E-state index < -0.39 is 0 Å². The van der Waals surface area contributed by atoms with Crippen molar-refractivity contribution in [1.29, 1.82) is 10.5 Å². The lowest BCUT2D eigenvalue weighted by atomic mass is 9.74. The Hall–Kier alpha value is -5.72. The van der Waals surface area contributed by atoms with Crippen molar-refractivity contribution in [3.8, 4) is 35.1 Å². The number of ether oxygens (including phenoxy) is 2. The Bertz CT molecular complexity index is 1740. The summed E-state index contributed by atoms with van der Waals surface area (Å²) in [5.74, 6) is 2.25. The van der Waals surface area contributed by atoms with Crippen LogP contribution in [0.5, 0.6) is 23.0 Å². The molecular weight excluding hydrogens is 544 g/mol. The molecule has 5 rings (SSSR count). The molecule has 0 bridgehead atoms. The van der Waals surface area contributed by atoms with Gasteiger partial charge in [-0.25, -0.2) is 0 Å². The van der Waals surface area contributed by atoms with Crippen molar-refractivity contribution in [3.05, 3.63) is 143 Å². The van der Waals surface area contributed by atoms with Crippen LogP contribution in [-0.4, -0.2) is 0 Å². The fourth-order valence-corrected chi connectivity index (χ4v) is 5.22. The molecule has 0 spiro atoms. The van der Waals surface area contributed by atoms with Crippen molar-refractivity contribution in [3.63, 3.8) is 0 Å². The van der Waals surface area contributed by atoms with E-state index in [1.165, 1.54) is 11.1 Å². The third-order valence-electron chi connectivity index (χ3n) is 8.18. The Kier molecular flexibility index (Phi) is 8.03. The van der Waals surface area contributed by atoms with Crippen LogP contribution in [0.1, 0.15) is 61.1 Å². The van der Waals surface area contributed by atoms with Crippen LogP contribution >= 0.6 is 0 Å². The average Bonchev–Trinajstić information content (AvgIpc) is 3.03. The molecule has 0 saturated heterocycles. The summed E-state index contributed by atoms with van der Waals surface area (Å²) in [6, 6.07) is 39.0. The van der Waals surface area contributed by atoms with Crippen molar-refractivity contribution >= 4 is 11.4 Å². The van der Waals surface area contributed by atoms with Gasteiger partial charge >= 0.3 is 0 Å². The maximum Gasteiger partial charge on any atom is 0.145 e. The van der Waals surface area contributed by atoms with Gasteiger partial charge in [-0.05, 0) is 82.9 Å². The maximum absolute atomic E-state index is 9.41. The Labute approximate surface area is 258 Å². The van der Waals surface area contributed by atoms with Crippen LogP contribution in [-0.2, 0) is 10.8 Å². The quantitative estimate of drug-likeness (QED) is 0.178. The van der Waals surface area contributed by atoms with E-state index in [9.17, 15) is 10.5 Å². The predicted molar refractivity (Wildman–Crippen MR) is 175 cm³/mol. The van der Waals surface area contributed by atoms with Gasteiger partial charge < -0.3 is 20.9 Å². The second-order valence-corrected chi connectivity index (χ2v) is 11.8. The number of hydrogen-bond acceptors (Lipinski definition) is 6. The molecule has 0 radical (unpaired) electrons. The third kappa shape index (κ3) is 6.07. The molecule has 0 saturated carbocycles. The van der Waals surface area contributed by atoms with Gasteiger partial charge in [-0.2, -0.15) is 10.5 Å². The Morgan fingerprint density at radius 2 is 0.773 bits per heavy atom. The van der Waals surface area contributed by atoms with E-state index >= 15 is 0 Å². The molecule has 6 heteroatoms. The van der Waals surface area contributed by atoms with Crippen LogP contribution in [0.4, 0.5) is 11.4 Å². The summed E-state index contributed by atoms with van der Waals surface area (Å²) in [6.07, 6.45) is 0. The molecular formula is C38H34N4O2. The molecule has 44 heavy (non-hydrogen) atoms. The third-order valence-corrected chi connectivity index (χ3v) is 8.18. The van der Waals surface area contributed by atoms with E-state index in [0.717, 1.165) is 11.1 Å². The van der Waals surface area contributed by atoms with Gasteiger partial charge in [0.05, 0.1) is 11.1 Å². The van der Waals surface area contributed by atoms with E-state index in [0.29, 0.717) is 45.5 Å². The first-order chi connectivity index (χ1) is 21.0. The molecule has 0 heterocycles. The summed E-state index contributed by atoms with van der Waals surface area (Å²) in [6.45, 7) is 8.81. The highest BCUT2D eigenvalue weighted by Gasteiger charge is 2.27. The minimum atomic E-state index is -0.246. The molecule has 0 atom stereocenters. The summed E-state index contributed by atoms with van der Waals surface area (Å²) >= 11 is 0. The van der Waals surface area contributed by atoms with E-state index in [1.807, 2.05) is 24.3 Å². The second-order valence-electron chi connectivity index (χ2n) is 11.8. The lowest BCUT2D eigenvalue weighted by Crippen LogP contribution is -2.21. The monoisotopic (exact) mass is 578 g/mol. The SMILES string of the molecule is CC(C)(c1ccc(Oc2ccc(N)cc2C#N)cc1)c1ccc(C(C)(C)c2ccc(Oc3ccc(N)cc3C#N)cc2)cc1. The molecule has 6 nitrogen and oxygen atoms in total. The zero-order chi connectivity index (χ0) is 31.5. The minimum absolute atomic E-state index is 0.246. The van der Waals surface area contributed by atoms with Crippen molar-refractivity contribution in [1.82, 2.24) is 0 Å². The summed E-state index contributed by atoms with van der Waals surface area (Å²) in [7, 11) is 0. The first kappa shape index (κ1) is 29.8. The normalized spacial score (nSPS) is 11.3. The molecule has 218 valence electrons. The Morgan fingerprint density at radius 1 is 0.477 bits per heavy atom. The molecule has 0 aliphatic rings. The summed E-state index contributed by atoms with van der Waals surface area (Å²) in [4.78, 5) is 0. The minimum Gasteiger partial charge on any atom is -0.456 e. The summed E-state index contributed by atoms with van der Waals surface area (Å²) in [5, 5.41) is 18.8. The topological polar surface area (TPSA) is 118 Å². The van der Waals surface area contributed by atoms with Crippen LogP contribution in [0, 0.1) is 22.7 Å². The number of nitrogen functional groups attached to an aromatic ring is 2. The molecule has 5 aromatic rings. The van der Waals surface area contributed by atoms with Gasteiger partial charge in [0.15, 0.2) is 0 Å². The fraction of sp³-hybridized carbons (Fsp3) is 0.158. The van der Waals surface area contributed by atoms with E-state index in [2.05, 4.69) is 88.4 Å². The number of hydrogen-bond donors (Lipinski definition) is 2. The molecule has 0 fully saturated rings. The van der Waals surface area contributed by atoms with Gasteiger partial charge in [-0.1, -0.05) is 76.2 Å². The number of nitrogens with two attached hydrogens (primary N) is 2. The summed E-state index contributed by atoms with van der Waals surface area (Å²) in [5.41, 5.74) is 17.6. The lowest BCUT2D eigenvalue weighted by Gasteiger charge is -2.29. The molecule has 5 aromatic carbocycles. The zero-order valence-electron chi connectivity index (χ0n) is 25.3. The zero-order valence-corrected chi connectivity index (χ0v) is 25.3. The van der Waals surface area contributed by atoms with Crippen molar-refractivity contribution in [2.45, 2.75) is 38.5 Å². The second kappa shape index (κ2) is 11.9. The first-order valence-electron chi connectivity index (χ1n) is 14.3. The first-order valence-corrected chi connectivity index (χ1v) is 14.3. The molecule has 0 unspecified atom stereocenters. The van der Waals surface area contributed by atoms with Crippen molar-refractivity contribution in [2.75, 3.05) is 11.5 Å². The predicted octanol–water partition coefficient (Wildman–Crippen LogP) is 8.83. The number of rotatable bonds is 8. The van der Waals surface area contributed by atoms with E-state index in [-0.39, 0.29) is 10.8 Å². The van der Waals surface area contributed by atoms with Crippen LogP contribution in [0.2, 0.25) is 0 Å². The smallest absolute Gasteiger partial charge is 0.145 e. The van der Waals surface area contributed by atoms with Gasteiger partial charge in [0.1, 0.15) is 35.1 Å². The largest absolute Gasteiger partial charge is 0.456 e. The molecule has 0 aliphatic heterocycles. The number of nitrogens with zero attached hydrogens (tertiary/aromatic N) is 2. The Balaban J connectivity index is 1.30. The highest BCUT2D eigenvalue weighted by Crippen LogP contribution is 2.38. The highest BCUT2D eigenvalue weighted by atomic mass is 16.5. The fourth-order valence-electron chi connectivity index (χ4n) is 5.22. The molecule has 0 aliphatic carbocycles. The number of nitriles is 2. The van der Waals surface area contributed by atoms with Crippen LogP contribution in [0.25, 0.3) is 0 Å². The number of anilines is 2. The molecule has 0 amide bonds. The lowest BCUT2D eigenvalue weighted by molar-refractivity contribution is 0.480. The van der Waals surface area contributed by atoms with Crippen LogP contribution < -0.4 is 20.9 Å². The van der Waals surface area contributed by atoms with Crippen LogP contribution in [0.3, 0.4) is 0 Å². The maximum atomic E-state index is 9.41. The van der Waals surface area contributed by atoms with Gasteiger partial charge in [0.2, 0.25) is 0 Å². The average molecular weight is 579 g/mol. The van der Waals surface area contributed by atoms with Gasteiger partial charge in [-0.3, -0.25) is 0 Å². The van der Waals surface area contributed by atoms with Crippen molar-refractivity contribution in [2.24, 2.45) is 0 Å².